The van der Waals surface area contributed by atoms with Crippen LogP contribution >= 0.6 is 0 Å². The van der Waals surface area contributed by atoms with Crippen LogP contribution in [0.3, 0.4) is 0 Å². The Labute approximate surface area is 150 Å². The molecule has 0 heterocycles. The average molecular weight is 340 g/mol. The molecule has 0 saturated carbocycles. The highest BCUT2D eigenvalue weighted by molar-refractivity contribution is 6.66. The molecule has 118 valence electrons. The first-order valence-electron chi connectivity index (χ1n) is 6.72. The van der Waals surface area contributed by atoms with Crippen molar-refractivity contribution in [3.8, 4) is 94.7 Å². The minimum atomic E-state index is -2.43. The molecule has 0 amide bonds. The Morgan fingerprint density at radius 2 is 1.04 bits per heavy atom. The van der Waals surface area contributed by atoms with Crippen LogP contribution in [0.15, 0.2) is 0 Å². The largest absolute Gasteiger partial charge is 0.485 e. The molecule has 0 N–H and O–H groups in total. The van der Waals surface area contributed by atoms with Gasteiger partial charge in [0.15, 0.2) is 0 Å². The van der Waals surface area contributed by atoms with Crippen LogP contribution in [0.5, 0.6) is 0 Å². The normalized spacial score (nSPS) is 6.56. The fraction of sp³-hybridized carbons (Fsp3) is 0.190. The van der Waals surface area contributed by atoms with Gasteiger partial charge in [0, 0.05) is 13.0 Å². The van der Waals surface area contributed by atoms with Crippen LogP contribution in [0.25, 0.3) is 0 Å². The Kier molecular flexibility index (Phi) is 11.6. The van der Waals surface area contributed by atoms with E-state index in [9.17, 15) is 4.79 Å². The van der Waals surface area contributed by atoms with E-state index in [0.29, 0.717) is 0 Å². The molecule has 0 bridgehead atoms. The van der Waals surface area contributed by atoms with Gasteiger partial charge in [0.05, 0.1) is 0 Å². The first kappa shape index (κ1) is 21.1. The summed E-state index contributed by atoms with van der Waals surface area (Å²) in [6.07, 6.45) is 0. The quantitative estimate of drug-likeness (QED) is 0.554. The van der Waals surface area contributed by atoms with Gasteiger partial charge in [-0.15, -0.1) is 0 Å². The highest BCUT2D eigenvalue weighted by Crippen LogP contribution is 2.03. The number of rotatable bonds is 2. The lowest BCUT2D eigenvalue weighted by Crippen LogP contribution is -2.35. The van der Waals surface area contributed by atoms with Crippen molar-refractivity contribution in [1.29, 1.82) is 0 Å². The van der Waals surface area contributed by atoms with Crippen LogP contribution in [0, 0.1) is 94.7 Å². The fourth-order valence-corrected chi connectivity index (χ4v) is 1.39. The molecule has 0 atom stereocenters. The van der Waals surface area contributed by atoms with Crippen LogP contribution < -0.4 is 0 Å². The number of hydrogen-bond acceptors (Lipinski definition) is 3. The lowest BCUT2D eigenvalue weighted by molar-refractivity contribution is -0.129. The molecule has 0 aromatic rings. The SMILES string of the molecule is CC#CC#CC#CC#CC#CC#CC#CC#CC(=O)O[Si](C)(C)OC. The second kappa shape index (κ2) is 13.8. The number of carbonyl (C=O) groups excluding carboxylic acids is 1. The molecule has 0 radical (unpaired) electrons. The predicted molar refractivity (Wildman–Crippen MR) is 98.5 cm³/mol. The highest BCUT2D eigenvalue weighted by atomic mass is 28.4. The van der Waals surface area contributed by atoms with Crippen molar-refractivity contribution in [2.75, 3.05) is 7.11 Å². The molecule has 0 aliphatic carbocycles. The van der Waals surface area contributed by atoms with E-state index in [-0.39, 0.29) is 0 Å². The van der Waals surface area contributed by atoms with Crippen molar-refractivity contribution in [2.45, 2.75) is 20.0 Å². The summed E-state index contributed by atoms with van der Waals surface area (Å²) in [6, 6.07) is 0. The molecule has 3 nitrogen and oxygen atoms in total. The topological polar surface area (TPSA) is 35.5 Å². The molecule has 0 aliphatic rings. The summed E-state index contributed by atoms with van der Waals surface area (Å²) >= 11 is 0. The van der Waals surface area contributed by atoms with Crippen LogP contribution in [0.2, 0.25) is 13.1 Å². The van der Waals surface area contributed by atoms with E-state index >= 15 is 0 Å². The third-order valence-corrected chi connectivity index (χ3v) is 3.59. The van der Waals surface area contributed by atoms with Crippen LogP contribution in [0.1, 0.15) is 6.92 Å². The molecular weight excluding hydrogens is 328 g/mol. The van der Waals surface area contributed by atoms with E-state index in [0.717, 1.165) is 0 Å². The molecule has 0 aromatic heterocycles. The van der Waals surface area contributed by atoms with E-state index in [2.05, 4.69) is 94.7 Å². The fourth-order valence-electron chi connectivity index (χ4n) is 0.810. The van der Waals surface area contributed by atoms with Gasteiger partial charge in [-0.1, -0.05) is 5.92 Å². The summed E-state index contributed by atoms with van der Waals surface area (Å²) in [5.74, 6) is 38.7. The summed E-state index contributed by atoms with van der Waals surface area (Å²) in [6.45, 7) is 5.14. The highest BCUT2D eigenvalue weighted by Gasteiger charge is 2.26. The van der Waals surface area contributed by atoms with E-state index in [1.54, 1.807) is 20.0 Å². The van der Waals surface area contributed by atoms with Gasteiger partial charge in [-0.25, -0.2) is 4.79 Å². The van der Waals surface area contributed by atoms with Crippen molar-refractivity contribution in [3.63, 3.8) is 0 Å². The van der Waals surface area contributed by atoms with Gasteiger partial charge in [0.25, 0.3) is 0 Å². The molecule has 0 aromatic carbocycles. The lowest BCUT2D eigenvalue weighted by atomic mass is 10.5. The van der Waals surface area contributed by atoms with E-state index in [4.69, 9.17) is 8.85 Å². The van der Waals surface area contributed by atoms with Crippen molar-refractivity contribution in [3.05, 3.63) is 0 Å². The molecule has 25 heavy (non-hydrogen) atoms. The maximum Gasteiger partial charge on any atom is 0.396 e. The molecule has 0 aliphatic heterocycles. The van der Waals surface area contributed by atoms with Crippen LogP contribution in [-0.2, 0) is 13.6 Å². The Hall–Kier alpha value is -3.87. The Morgan fingerprint density at radius 1 is 0.680 bits per heavy atom. The Balaban J connectivity index is 4.45. The van der Waals surface area contributed by atoms with Gasteiger partial charge in [-0.05, 0) is 103 Å². The van der Waals surface area contributed by atoms with Gasteiger partial charge in [-0.3, -0.25) is 0 Å². The number of hydrogen-bond donors (Lipinski definition) is 0. The zero-order valence-electron chi connectivity index (χ0n) is 14.2. The van der Waals surface area contributed by atoms with Gasteiger partial charge >= 0.3 is 14.5 Å². The Morgan fingerprint density at radius 3 is 1.40 bits per heavy atom. The summed E-state index contributed by atoms with van der Waals surface area (Å²) in [5, 5.41) is 0. The zero-order chi connectivity index (χ0) is 18.8. The molecule has 0 fully saturated rings. The van der Waals surface area contributed by atoms with Crippen LogP contribution in [-0.4, -0.2) is 21.6 Å². The maximum absolute atomic E-state index is 11.3. The molecule has 4 heteroatoms. The van der Waals surface area contributed by atoms with E-state index in [1.165, 1.54) is 7.11 Å². The van der Waals surface area contributed by atoms with Crippen molar-refractivity contribution < 1.29 is 13.6 Å². The number of carbonyl (C=O) groups is 1. The van der Waals surface area contributed by atoms with Gasteiger partial charge in [0.2, 0.25) is 0 Å². The van der Waals surface area contributed by atoms with Crippen molar-refractivity contribution in [2.24, 2.45) is 0 Å². The lowest BCUT2D eigenvalue weighted by Gasteiger charge is -2.17. The van der Waals surface area contributed by atoms with E-state index < -0.39 is 14.5 Å². The summed E-state index contributed by atoms with van der Waals surface area (Å²) in [5.41, 5.74) is 0. The monoisotopic (exact) mass is 340 g/mol. The van der Waals surface area contributed by atoms with E-state index in [1.807, 2.05) is 0 Å². The minimum Gasteiger partial charge on any atom is -0.485 e. The Bertz CT molecular complexity index is 1000. The standard InChI is InChI=1S/C21H12O3Si/c1-5-6-7-8-9-10-11-12-13-14-15-16-17-18-19-20-21(22)24-25(3,4)23-2/h1-4H3. The van der Waals surface area contributed by atoms with Gasteiger partial charge < -0.3 is 8.85 Å². The molecule has 0 rings (SSSR count). The van der Waals surface area contributed by atoms with Gasteiger partial charge in [-0.2, -0.15) is 0 Å². The summed E-state index contributed by atoms with van der Waals surface area (Å²) in [4.78, 5) is 11.3. The molecule has 0 saturated heterocycles. The third kappa shape index (κ3) is 14.8. The second-order valence-corrected chi connectivity index (χ2v) is 7.53. The zero-order valence-corrected chi connectivity index (χ0v) is 15.2. The van der Waals surface area contributed by atoms with Crippen LogP contribution in [0.4, 0.5) is 0 Å². The first-order valence-corrected chi connectivity index (χ1v) is 9.54. The summed E-state index contributed by atoms with van der Waals surface area (Å²) in [7, 11) is -0.948. The molecular formula is C21H12O3Si. The smallest absolute Gasteiger partial charge is 0.396 e. The second-order valence-electron chi connectivity index (χ2n) is 4.12. The molecule has 0 unspecified atom stereocenters. The minimum absolute atomic E-state index is 0.677. The summed E-state index contributed by atoms with van der Waals surface area (Å²) < 4.78 is 10.1. The van der Waals surface area contributed by atoms with Gasteiger partial charge in [0.1, 0.15) is 0 Å². The first-order chi connectivity index (χ1) is 12.0. The average Bonchev–Trinajstić information content (AvgIpc) is 2.58. The van der Waals surface area contributed by atoms with Crippen molar-refractivity contribution in [1.82, 2.24) is 0 Å². The molecule has 0 spiro atoms. The third-order valence-electron chi connectivity index (χ3n) is 1.93. The van der Waals surface area contributed by atoms with Crippen molar-refractivity contribution >= 4 is 14.5 Å². The predicted octanol–water partition coefficient (Wildman–Crippen LogP) is 0.925. The maximum atomic E-state index is 11.3.